The number of carbonyl (C=O) groups excluding carboxylic acids is 2. The smallest absolute Gasteiger partial charge is 0.408 e. The number of nitrogens with two attached hydrogens (primary N) is 1. The quantitative estimate of drug-likeness (QED) is 0.160. The predicted molar refractivity (Wildman–Crippen MR) is 122 cm³/mol. The number of amides is 2. The van der Waals surface area contributed by atoms with Crippen LogP contribution in [0.3, 0.4) is 0 Å². The van der Waals surface area contributed by atoms with Crippen LogP contribution in [0.4, 0.5) is 4.79 Å². The summed E-state index contributed by atoms with van der Waals surface area (Å²) in [4.78, 5) is 36.9. The Bertz CT molecular complexity index is 923. The number of benzene rings is 2. The number of hydrogen-bond donors (Lipinski definition) is 6. The topological polar surface area (TPSA) is 167 Å². The van der Waals surface area contributed by atoms with Crippen molar-refractivity contribution in [1.29, 1.82) is 5.41 Å². The van der Waals surface area contributed by atoms with E-state index in [1.165, 1.54) is 0 Å². The summed E-state index contributed by atoms with van der Waals surface area (Å²) in [5.74, 6) is -2.05. The van der Waals surface area contributed by atoms with Crippen LogP contribution in [0.25, 0.3) is 0 Å². The van der Waals surface area contributed by atoms with Crippen LogP contribution in [0.1, 0.15) is 24.0 Å². The van der Waals surface area contributed by atoms with Crippen molar-refractivity contribution in [2.75, 3.05) is 6.54 Å². The van der Waals surface area contributed by atoms with E-state index in [0.29, 0.717) is 13.0 Å². The molecule has 0 aliphatic rings. The van der Waals surface area contributed by atoms with Crippen LogP contribution in [0.2, 0.25) is 0 Å². The Hall–Kier alpha value is -4.08. The zero-order valence-corrected chi connectivity index (χ0v) is 18.1. The van der Waals surface area contributed by atoms with Gasteiger partial charge in [-0.25, -0.2) is 9.59 Å². The van der Waals surface area contributed by atoms with Gasteiger partial charge in [0.15, 0.2) is 5.96 Å². The van der Waals surface area contributed by atoms with Crippen molar-refractivity contribution in [1.82, 2.24) is 16.0 Å². The molecule has 0 aromatic heterocycles. The van der Waals surface area contributed by atoms with Gasteiger partial charge in [0.25, 0.3) is 0 Å². The molecule has 0 heterocycles. The predicted octanol–water partition coefficient (Wildman–Crippen LogP) is 1.36. The zero-order chi connectivity index (χ0) is 24.1. The van der Waals surface area contributed by atoms with E-state index < -0.39 is 30.1 Å². The van der Waals surface area contributed by atoms with E-state index in [9.17, 15) is 19.5 Å². The molecule has 2 rings (SSSR count). The minimum Gasteiger partial charge on any atom is -0.480 e. The van der Waals surface area contributed by atoms with E-state index in [0.717, 1.165) is 11.1 Å². The molecule has 2 aromatic rings. The van der Waals surface area contributed by atoms with Gasteiger partial charge in [-0.3, -0.25) is 10.2 Å². The van der Waals surface area contributed by atoms with Crippen molar-refractivity contribution < 1.29 is 24.2 Å². The monoisotopic (exact) mass is 455 g/mol. The number of nitrogens with one attached hydrogen (secondary N) is 4. The van der Waals surface area contributed by atoms with Crippen molar-refractivity contribution in [3.63, 3.8) is 0 Å². The normalized spacial score (nSPS) is 12.1. The first-order chi connectivity index (χ1) is 15.8. The summed E-state index contributed by atoms with van der Waals surface area (Å²) in [6.07, 6.45) is -0.136. The van der Waals surface area contributed by atoms with Gasteiger partial charge in [0.1, 0.15) is 18.7 Å². The minimum absolute atomic E-state index is 0.0350. The molecular formula is C23H29N5O5. The van der Waals surface area contributed by atoms with Gasteiger partial charge in [0.2, 0.25) is 5.91 Å². The molecule has 0 fully saturated rings. The molecule has 10 nitrogen and oxygen atoms in total. The maximum Gasteiger partial charge on any atom is 0.408 e. The van der Waals surface area contributed by atoms with Gasteiger partial charge in [0, 0.05) is 13.0 Å². The fourth-order valence-electron chi connectivity index (χ4n) is 3.03. The average Bonchev–Trinajstić information content (AvgIpc) is 2.80. The molecule has 0 aliphatic carbocycles. The van der Waals surface area contributed by atoms with E-state index >= 15 is 0 Å². The molecule has 0 spiro atoms. The van der Waals surface area contributed by atoms with Gasteiger partial charge >= 0.3 is 12.1 Å². The molecule has 0 aliphatic heterocycles. The van der Waals surface area contributed by atoms with Crippen molar-refractivity contribution >= 4 is 23.9 Å². The second-order valence-electron chi connectivity index (χ2n) is 7.33. The van der Waals surface area contributed by atoms with E-state index in [1.807, 2.05) is 24.3 Å². The molecule has 33 heavy (non-hydrogen) atoms. The molecule has 0 radical (unpaired) electrons. The lowest BCUT2D eigenvalue weighted by molar-refractivity contribution is -0.142. The Morgan fingerprint density at radius 1 is 0.939 bits per heavy atom. The largest absolute Gasteiger partial charge is 0.480 e. The number of ether oxygens (including phenoxy) is 1. The van der Waals surface area contributed by atoms with Gasteiger partial charge in [0.05, 0.1) is 0 Å². The van der Waals surface area contributed by atoms with Crippen molar-refractivity contribution in [2.45, 2.75) is 38.0 Å². The van der Waals surface area contributed by atoms with E-state index in [-0.39, 0.29) is 25.4 Å². The van der Waals surface area contributed by atoms with Crippen LogP contribution < -0.4 is 21.7 Å². The van der Waals surface area contributed by atoms with E-state index in [2.05, 4.69) is 16.0 Å². The maximum atomic E-state index is 12.9. The Labute approximate surface area is 192 Å². The molecule has 0 saturated heterocycles. The highest BCUT2D eigenvalue weighted by atomic mass is 16.5. The number of carboxylic acids is 1. The summed E-state index contributed by atoms with van der Waals surface area (Å²) in [6, 6.07) is 16.0. The van der Waals surface area contributed by atoms with E-state index in [4.69, 9.17) is 15.9 Å². The first-order valence-electron chi connectivity index (χ1n) is 10.5. The molecule has 2 aromatic carbocycles. The van der Waals surface area contributed by atoms with Crippen molar-refractivity contribution in [2.24, 2.45) is 5.73 Å². The molecule has 7 N–H and O–H groups in total. The van der Waals surface area contributed by atoms with Gasteiger partial charge in [-0.05, 0) is 24.0 Å². The summed E-state index contributed by atoms with van der Waals surface area (Å²) in [5.41, 5.74) is 6.79. The van der Waals surface area contributed by atoms with Crippen LogP contribution in [0.5, 0.6) is 0 Å². The number of aliphatic carboxylic acids is 1. The third kappa shape index (κ3) is 9.72. The average molecular weight is 456 g/mol. The van der Waals surface area contributed by atoms with Gasteiger partial charge in [-0.2, -0.15) is 0 Å². The summed E-state index contributed by atoms with van der Waals surface area (Å²) in [5, 5.41) is 24.2. The van der Waals surface area contributed by atoms with Crippen LogP contribution >= 0.6 is 0 Å². The summed E-state index contributed by atoms with van der Waals surface area (Å²) >= 11 is 0. The molecule has 0 unspecified atom stereocenters. The lowest BCUT2D eigenvalue weighted by atomic mass is 10.0. The first-order valence-corrected chi connectivity index (χ1v) is 10.5. The Morgan fingerprint density at radius 2 is 1.55 bits per heavy atom. The summed E-state index contributed by atoms with van der Waals surface area (Å²) < 4.78 is 5.21. The molecule has 176 valence electrons. The minimum atomic E-state index is -1.20. The summed E-state index contributed by atoms with van der Waals surface area (Å²) in [6.45, 7) is 0.333. The highest BCUT2D eigenvalue weighted by Gasteiger charge is 2.27. The molecule has 2 atom stereocenters. The van der Waals surface area contributed by atoms with Crippen LogP contribution in [0.15, 0.2) is 60.7 Å². The molecule has 2 amide bonds. The molecule has 0 saturated carbocycles. The van der Waals surface area contributed by atoms with Crippen LogP contribution in [-0.2, 0) is 27.4 Å². The van der Waals surface area contributed by atoms with Crippen LogP contribution in [-0.4, -0.2) is 47.7 Å². The number of guanidine groups is 1. The Kier molecular flexibility index (Phi) is 10.2. The fraction of sp³-hybridized carbons (Fsp3) is 0.304. The lowest BCUT2D eigenvalue weighted by Crippen LogP contribution is -2.52. The van der Waals surface area contributed by atoms with Gasteiger partial charge in [-0.1, -0.05) is 60.7 Å². The third-order valence-corrected chi connectivity index (χ3v) is 4.70. The van der Waals surface area contributed by atoms with Gasteiger partial charge < -0.3 is 31.5 Å². The zero-order valence-electron chi connectivity index (χ0n) is 18.1. The highest BCUT2D eigenvalue weighted by molar-refractivity contribution is 5.89. The number of carboxylic acid groups (broad SMARTS) is 1. The Morgan fingerprint density at radius 3 is 2.12 bits per heavy atom. The van der Waals surface area contributed by atoms with Gasteiger partial charge in [-0.15, -0.1) is 0 Å². The van der Waals surface area contributed by atoms with E-state index in [1.54, 1.807) is 36.4 Å². The number of carbonyl (C=O) groups is 3. The van der Waals surface area contributed by atoms with Crippen molar-refractivity contribution in [3.8, 4) is 0 Å². The highest BCUT2D eigenvalue weighted by Crippen LogP contribution is 2.07. The third-order valence-electron chi connectivity index (χ3n) is 4.70. The first kappa shape index (κ1) is 25.2. The number of alkyl carbamates (subject to hydrolysis) is 1. The molecule has 0 bridgehead atoms. The second kappa shape index (κ2) is 13.4. The number of hydrogen-bond acceptors (Lipinski definition) is 5. The SMILES string of the molecule is N=C(N)NCCC[C@H](NC(=O)[C@H](Cc1ccccc1)NC(=O)OCc1ccccc1)C(=O)O. The second-order valence-corrected chi connectivity index (χ2v) is 7.33. The van der Waals surface area contributed by atoms with Crippen LogP contribution in [0, 0.1) is 5.41 Å². The number of rotatable bonds is 12. The molecule has 10 heteroatoms. The summed E-state index contributed by atoms with van der Waals surface area (Å²) in [7, 11) is 0. The maximum absolute atomic E-state index is 12.9. The van der Waals surface area contributed by atoms with Crippen molar-refractivity contribution in [3.05, 3.63) is 71.8 Å². The standard InChI is InChI=1S/C23H29N5O5/c24-22(25)26-13-7-12-18(21(30)31)27-20(29)19(14-16-8-3-1-4-9-16)28-23(32)33-15-17-10-5-2-6-11-17/h1-6,8-11,18-19H,7,12-15H2,(H,27,29)(H,28,32)(H,30,31)(H4,24,25,26)/t18-,19-/m0/s1. The lowest BCUT2D eigenvalue weighted by Gasteiger charge is -2.21. The molecular weight excluding hydrogens is 426 g/mol. The Balaban J connectivity index is 2.01. The fourth-order valence-corrected chi connectivity index (χ4v) is 3.03.